The Kier molecular flexibility index (Phi) is 2.15. The predicted molar refractivity (Wildman–Crippen MR) is 32.8 cm³/mol. The molecule has 1 atom stereocenters. The van der Waals surface area contributed by atoms with Gasteiger partial charge in [0.15, 0.2) is 0 Å². The molecule has 6 heavy (non-hydrogen) atoms. The Morgan fingerprint density at radius 3 is 2.67 bits per heavy atom. The van der Waals surface area contributed by atoms with Gasteiger partial charge in [0.2, 0.25) is 0 Å². The van der Waals surface area contributed by atoms with Gasteiger partial charge in [-0.2, -0.15) is 0 Å². The van der Waals surface area contributed by atoms with Gasteiger partial charge in [-0.25, -0.2) is 0 Å². The molecule has 1 heterocycles. The van der Waals surface area contributed by atoms with Crippen LogP contribution in [0.15, 0.2) is 0 Å². The molecule has 0 aromatic heterocycles. The van der Waals surface area contributed by atoms with E-state index < -0.39 is 0 Å². The third-order valence-electron chi connectivity index (χ3n) is 0.853. The first-order valence-corrected chi connectivity index (χ1v) is 5.01. The van der Waals surface area contributed by atoms with Crippen molar-refractivity contribution in [1.29, 1.82) is 0 Å². The summed E-state index contributed by atoms with van der Waals surface area (Å²) < 4.78 is 1.42. The van der Waals surface area contributed by atoms with E-state index in [1.54, 1.807) is 0 Å². The molecule has 1 aliphatic rings. The van der Waals surface area contributed by atoms with Crippen LogP contribution in [0.1, 0.15) is 6.42 Å². The summed E-state index contributed by atoms with van der Waals surface area (Å²) in [5.74, 6) is 1.45. The molecular weight excluding hydrogens is 208 g/mol. The summed E-state index contributed by atoms with van der Waals surface area (Å²) in [5.41, 5.74) is 0. The average molecular weight is 216 g/mol. The van der Waals surface area contributed by atoms with Crippen LogP contribution in [-0.2, 0) is 0 Å². The number of hydrogen-bond acceptors (Lipinski definition) is 1. The summed E-state index contributed by atoms with van der Waals surface area (Å²) in [6.45, 7) is 0. The minimum atomic E-state index is 1.08. The van der Waals surface area contributed by atoms with E-state index in [9.17, 15) is 0 Å². The van der Waals surface area contributed by atoms with Crippen LogP contribution >= 0.6 is 11.8 Å². The molecule has 0 amide bonds. The van der Waals surface area contributed by atoms with E-state index in [4.69, 9.17) is 0 Å². The summed E-state index contributed by atoms with van der Waals surface area (Å²) in [5, 5.41) is 1.08. The second-order valence-electron chi connectivity index (χ2n) is 1.47. The van der Waals surface area contributed by atoms with Gasteiger partial charge in [-0.1, -0.05) is 0 Å². The first-order chi connectivity index (χ1) is 2.93. The van der Waals surface area contributed by atoms with Crippen molar-refractivity contribution in [3.8, 4) is 0 Å². The maximum absolute atomic E-state index is 2.10. The summed E-state index contributed by atoms with van der Waals surface area (Å²) in [6.07, 6.45) is 1.47. The zero-order valence-electron chi connectivity index (χ0n) is 3.55. The third kappa shape index (κ3) is 1.73. The molecule has 0 aliphatic carbocycles. The van der Waals surface area contributed by atoms with Crippen LogP contribution in [0.4, 0.5) is 0 Å². The second-order valence-corrected chi connectivity index (χ2v) is 4.08. The van der Waals surface area contributed by atoms with Crippen LogP contribution < -0.4 is 0 Å². The molecule has 0 N–H and O–H groups in total. The van der Waals surface area contributed by atoms with Crippen LogP contribution in [0, 0.1) is 0 Å². The summed E-state index contributed by atoms with van der Waals surface area (Å²) in [4.78, 5) is 0. The van der Waals surface area contributed by atoms with Crippen LogP contribution in [0.3, 0.4) is 0 Å². The van der Waals surface area contributed by atoms with Gasteiger partial charge in [-0.15, -0.1) is 0 Å². The minimum absolute atomic E-state index is 1.08. The normalized spacial score (nSPS) is 30.5. The Hall–Kier alpha value is 1.14. The molecule has 1 aliphatic heterocycles. The van der Waals surface area contributed by atoms with Gasteiger partial charge < -0.3 is 0 Å². The van der Waals surface area contributed by atoms with Crippen molar-refractivity contribution in [2.45, 2.75) is 16.1 Å². The van der Waals surface area contributed by atoms with Crippen molar-refractivity contribution in [2.24, 2.45) is 0 Å². The fourth-order valence-corrected chi connectivity index (χ4v) is 2.38. The monoisotopic (exact) mass is 218 g/mol. The van der Waals surface area contributed by atoms with Crippen LogP contribution in [0.5, 0.6) is 0 Å². The van der Waals surface area contributed by atoms with Crippen molar-refractivity contribution in [3.63, 3.8) is 0 Å². The van der Waals surface area contributed by atoms with Crippen molar-refractivity contribution >= 4 is 34.1 Å². The van der Waals surface area contributed by atoms with Gasteiger partial charge in [0, 0.05) is 0 Å². The number of rotatable bonds is 2. The standard InChI is InChI=1S/C4H8STe/c6-2-1-4-3-5-4/h4,6H,1-3H2. The Bertz CT molecular complexity index is 42.8. The molecule has 0 saturated carbocycles. The third-order valence-corrected chi connectivity index (χ3v) is 2.63. The molecule has 0 nitrogen and oxygen atoms in total. The molecule has 0 radical (unpaired) electrons. The van der Waals surface area contributed by atoms with Gasteiger partial charge in [-0.05, 0) is 0 Å². The van der Waals surface area contributed by atoms with E-state index in [0.29, 0.717) is 0 Å². The van der Waals surface area contributed by atoms with E-state index >= 15 is 0 Å². The van der Waals surface area contributed by atoms with Gasteiger partial charge in [0.25, 0.3) is 0 Å². The first-order valence-electron chi connectivity index (χ1n) is 2.16. The van der Waals surface area contributed by atoms with Crippen molar-refractivity contribution in [2.75, 3.05) is 5.75 Å². The molecule has 1 saturated heterocycles. The van der Waals surface area contributed by atoms with Crippen molar-refractivity contribution in [1.82, 2.24) is 0 Å². The average Bonchev–Trinajstić information content (AvgIpc) is 2.21. The van der Waals surface area contributed by atoms with Gasteiger partial charge in [-0.3, -0.25) is 0 Å². The molecule has 0 aromatic rings. The van der Waals surface area contributed by atoms with Crippen molar-refractivity contribution in [3.05, 3.63) is 0 Å². The maximum atomic E-state index is 2.10. The van der Waals surface area contributed by atoms with E-state index in [-0.39, 0.29) is 0 Å². The first kappa shape index (κ1) is 5.28. The zero-order chi connectivity index (χ0) is 4.41. The van der Waals surface area contributed by atoms with Crippen molar-refractivity contribution < 1.29 is 0 Å². The summed E-state index contributed by atoms with van der Waals surface area (Å²) in [7, 11) is 0. The van der Waals surface area contributed by atoms with Crippen LogP contribution in [0.25, 0.3) is 0 Å². The Morgan fingerprint density at radius 2 is 2.50 bits per heavy atom. The van der Waals surface area contributed by atoms with E-state index in [2.05, 4.69) is 11.8 Å². The molecule has 1 unspecified atom stereocenters. The van der Waals surface area contributed by atoms with Crippen LogP contribution in [-0.4, -0.2) is 33.3 Å². The zero-order valence-corrected chi connectivity index (χ0v) is 6.92. The fourth-order valence-electron chi connectivity index (χ4n) is 0.379. The topological polar surface area (TPSA) is 0 Å². The quantitative estimate of drug-likeness (QED) is 0.486. The molecule has 1 fully saturated rings. The fraction of sp³-hybridized carbons (Fsp3) is 1.00. The molecule has 36 valence electrons. The molecule has 2 heteroatoms. The van der Waals surface area contributed by atoms with Gasteiger partial charge in [0.05, 0.1) is 0 Å². The predicted octanol–water partition coefficient (Wildman–Crippen LogP) is 0.811. The molecular formula is C4H8STe. The Morgan fingerprint density at radius 1 is 1.83 bits per heavy atom. The molecule has 0 bridgehead atoms. The summed E-state index contributed by atoms with van der Waals surface area (Å²) in [6, 6.07) is 0. The Balaban J connectivity index is 1.88. The SMILES string of the molecule is [TeH]CCC1CS1. The summed E-state index contributed by atoms with van der Waals surface area (Å²) >= 11 is 4.05. The molecule has 1 rings (SSSR count). The van der Waals surface area contributed by atoms with E-state index in [1.165, 1.54) is 16.6 Å². The second kappa shape index (κ2) is 2.45. The number of thioether (sulfide) groups is 1. The van der Waals surface area contributed by atoms with E-state index in [1.807, 2.05) is 22.3 Å². The van der Waals surface area contributed by atoms with Crippen LogP contribution in [0.2, 0.25) is 4.47 Å². The number of hydrogen-bond donors (Lipinski definition) is 0. The van der Waals surface area contributed by atoms with Gasteiger partial charge >= 0.3 is 55.9 Å². The Labute approximate surface area is 56.0 Å². The molecule has 0 aromatic carbocycles. The van der Waals surface area contributed by atoms with E-state index in [0.717, 1.165) is 5.25 Å². The van der Waals surface area contributed by atoms with Gasteiger partial charge in [0.1, 0.15) is 0 Å². The molecule has 0 spiro atoms.